The largest absolute Gasteiger partial charge is 0.493 e. The van der Waals surface area contributed by atoms with Crippen LogP contribution in [0, 0.1) is 0 Å². The quantitative estimate of drug-likeness (QED) is 0.874. The predicted molar refractivity (Wildman–Crippen MR) is 91.1 cm³/mol. The molecule has 1 atom stereocenters. The minimum Gasteiger partial charge on any atom is -0.493 e. The molecular formula is C19H19NO5. The number of carboxylic acid groups (broad SMARTS) is 1. The number of ether oxygens (including phenoxy) is 2. The molecule has 0 aromatic heterocycles. The molecule has 1 heterocycles. The average Bonchev–Trinajstić information content (AvgIpc) is 2.91. The lowest BCUT2D eigenvalue weighted by atomic mass is 9.97. The Morgan fingerprint density at radius 2 is 1.84 bits per heavy atom. The van der Waals surface area contributed by atoms with Gasteiger partial charge in [-0.05, 0) is 29.3 Å². The first kappa shape index (κ1) is 16.8. The number of carbonyl (C=O) groups is 2. The third kappa shape index (κ3) is 3.03. The monoisotopic (exact) mass is 341 g/mol. The van der Waals surface area contributed by atoms with Crippen molar-refractivity contribution in [2.24, 2.45) is 0 Å². The van der Waals surface area contributed by atoms with Gasteiger partial charge in [0.2, 0.25) is 0 Å². The topological polar surface area (TPSA) is 76.1 Å². The molecule has 1 amide bonds. The van der Waals surface area contributed by atoms with Crippen molar-refractivity contribution in [3.05, 3.63) is 59.2 Å². The van der Waals surface area contributed by atoms with Gasteiger partial charge in [-0.2, -0.15) is 0 Å². The van der Waals surface area contributed by atoms with E-state index in [4.69, 9.17) is 14.6 Å². The molecule has 0 saturated heterocycles. The summed E-state index contributed by atoms with van der Waals surface area (Å²) in [4.78, 5) is 25.3. The van der Waals surface area contributed by atoms with E-state index in [1.807, 2.05) is 30.3 Å². The number of rotatable bonds is 6. The number of aliphatic carboxylic acids is 1. The third-order valence-electron chi connectivity index (χ3n) is 4.35. The zero-order valence-electron chi connectivity index (χ0n) is 14.1. The van der Waals surface area contributed by atoms with Crippen molar-refractivity contribution in [1.29, 1.82) is 0 Å². The van der Waals surface area contributed by atoms with E-state index in [0.29, 0.717) is 17.1 Å². The lowest BCUT2D eigenvalue weighted by Crippen LogP contribution is -2.31. The maximum absolute atomic E-state index is 12.7. The van der Waals surface area contributed by atoms with E-state index in [2.05, 4.69) is 0 Å². The molecule has 3 rings (SSSR count). The molecule has 1 unspecified atom stereocenters. The van der Waals surface area contributed by atoms with Gasteiger partial charge in [-0.3, -0.25) is 9.59 Å². The standard InChI is InChI=1S/C19H19NO5/c1-24-15-8-7-12(11-16(15)25-2)18-13-5-3-4-6-14(13)19(23)20(18)10-9-17(21)22/h3-8,11,18H,9-10H2,1-2H3,(H,21,22). The second-order valence-corrected chi connectivity index (χ2v) is 5.75. The Bertz CT molecular complexity index is 817. The molecule has 2 aromatic carbocycles. The molecule has 0 bridgehead atoms. The summed E-state index contributed by atoms with van der Waals surface area (Å²) >= 11 is 0. The molecule has 1 aliphatic heterocycles. The van der Waals surface area contributed by atoms with Crippen LogP contribution in [0.3, 0.4) is 0 Å². The number of carboxylic acids is 1. The van der Waals surface area contributed by atoms with Crippen molar-refractivity contribution >= 4 is 11.9 Å². The van der Waals surface area contributed by atoms with Crippen molar-refractivity contribution in [1.82, 2.24) is 4.90 Å². The molecule has 0 radical (unpaired) electrons. The van der Waals surface area contributed by atoms with Gasteiger partial charge in [0, 0.05) is 12.1 Å². The summed E-state index contributed by atoms with van der Waals surface area (Å²) in [5.74, 6) is 0.0717. The Balaban J connectivity index is 2.06. The zero-order chi connectivity index (χ0) is 18.0. The Kier molecular flexibility index (Phi) is 4.61. The van der Waals surface area contributed by atoms with E-state index in [-0.39, 0.29) is 24.9 Å². The summed E-state index contributed by atoms with van der Waals surface area (Å²) in [6.07, 6.45) is -0.108. The molecule has 1 aliphatic rings. The highest BCUT2D eigenvalue weighted by Crippen LogP contribution is 2.41. The molecule has 1 N–H and O–H groups in total. The first-order valence-corrected chi connectivity index (χ1v) is 7.90. The van der Waals surface area contributed by atoms with Gasteiger partial charge in [-0.15, -0.1) is 0 Å². The van der Waals surface area contributed by atoms with E-state index in [9.17, 15) is 9.59 Å². The van der Waals surface area contributed by atoms with Gasteiger partial charge in [-0.25, -0.2) is 0 Å². The van der Waals surface area contributed by atoms with Gasteiger partial charge in [0.1, 0.15) is 0 Å². The van der Waals surface area contributed by atoms with Gasteiger partial charge in [-0.1, -0.05) is 24.3 Å². The Morgan fingerprint density at radius 1 is 1.12 bits per heavy atom. The minimum absolute atomic E-state index is 0.108. The van der Waals surface area contributed by atoms with Crippen molar-refractivity contribution in [3.63, 3.8) is 0 Å². The van der Waals surface area contributed by atoms with Crippen LogP contribution in [0.1, 0.15) is 33.9 Å². The number of carbonyl (C=O) groups excluding carboxylic acids is 1. The maximum atomic E-state index is 12.7. The molecule has 130 valence electrons. The van der Waals surface area contributed by atoms with E-state index in [1.54, 1.807) is 31.3 Å². The van der Waals surface area contributed by atoms with Crippen LogP contribution in [0.5, 0.6) is 11.5 Å². The van der Waals surface area contributed by atoms with Gasteiger partial charge in [0.25, 0.3) is 5.91 Å². The summed E-state index contributed by atoms with van der Waals surface area (Å²) in [5, 5.41) is 9.01. The van der Waals surface area contributed by atoms with E-state index in [1.165, 1.54) is 0 Å². The lowest BCUT2D eigenvalue weighted by molar-refractivity contribution is -0.137. The second-order valence-electron chi connectivity index (χ2n) is 5.75. The molecule has 2 aromatic rings. The van der Waals surface area contributed by atoms with Gasteiger partial charge < -0.3 is 19.5 Å². The average molecular weight is 341 g/mol. The van der Waals surface area contributed by atoms with E-state index in [0.717, 1.165) is 11.1 Å². The van der Waals surface area contributed by atoms with Crippen LogP contribution in [0.25, 0.3) is 0 Å². The number of amides is 1. The number of methoxy groups -OCH3 is 2. The summed E-state index contributed by atoms with van der Waals surface area (Å²) in [5.41, 5.74) is 2.32. The second kappa shape index (κ2) is 6.84. The number of hydrogen-bond donors (Lipinski definition) is 1. The first-order valence-electron chi connectivity index (χ1n) is 7.90. The summed E-state index contributed by atoms with van der Waals surface area (Å²) in [6, 6.07) is 12.5. The third-order valence-corrected chi connectivity index (χ3v) is 4.35. The van der Waals surface area contributed by atoms with Crippen molar-refractivity contribution < 1.29 is 24.2 Å². The highest BCUT2D eigenvalue weighted by Gasteiger charge is 2.37. The van der Waals surface area contributed by atoms with Crippen molar-refractivity contribution in [2.45, 2.75) is 12.5 Å². The Morgan fingerprint density at radius 3 is 2.52 bits per heavy atom. The van der Waals surface area contributed by atoms with Crippen molar-refractivity contribution in [2.75, 3.05) is 20.8 Å². The highest BCUT2D eigenvalue weighted by atomic mass is 16.5. The first-order chi connectivity index (χ1) is 12.1. The van der Waals surface area contributed by atoms with Crippen LogP contribution in [0.2, 0.25) is 0 Å². The molecule has 0 fully saturated rings. The fourth-order valence-corrected chi connectivity index (χ4v) is 3.20. The molecular weight excluding hydrogens is 322 g/mol. The Labute approximate surface area is 145 Å². The molecule has 6 heteroatoms. The predicted octanol–water partition coefficient (Wildman–Crippen LogP) is 2.72. The van der Waals surface area contributed by atoms with Crippen LogP contribution >= 0.6 is 0 Å². The van der Waals surface area contributed by atoms with Crippen LogP contribution in [0.15, 0.2) is 42.5 Å². The zero-order valence-corrected chi connectivity index (χ0v) is 14.1. The fraction of sp³-hybridized carbons (Fsp3) is 0.263. The molecule has 0 saturated carbocycles. The normalized spacial score (nSPS) is 15.8. The fourth-order valence-electron chi connectivity index (χ4n) is 3.20. The van der Waals surface area contributed by atoms with Gasteiger partial charge >= 0.3 is 5.97 Å². The Hall–Kier alpha value is -3.02. The summed E-state index contributed by atoms with van der Waals surface area (Å²) in [7, 11) is 3.11. The van der Waals surface area contributed by atoms with Crippen LogP contribution < -0.4 is 9.47 Å². The van der Waals surface area contributed by atoms with Crippen LogP contribution in [-0.4, -0.2) is 42.6 Å². The van der Waals surface area contributed by atoms with E-state index >= 15 is 0 Å². The SMILES string of the molecule is COc1ccc(C2c3ccccc3C(=O)N2CCC(=O)O)cc1OC. The highest BCUT2D eigenvalue weighted by molar-refractivity contribution is 6.00. The molecule has 25 heavy (non-hydrogen) atoms. The summed E-state index contributed by atoms with van der Waals surface area (Å²) in [6.45, 7) is 0.141. The van der Waals surface area contributed by atoms with E-state index < -0.39 is 5.97 Å². The molecule has 0 spiro atoms. The van der Waals surface area contributed by atoms with Crippen molar-refractivity contribution in [3.8, 4) is 11.5 Å². The smallest absolute Gasteiger partial charge is 0.305 e. The maximum Gasteiger partial charge on any atom is 0.305 e. The van der Waals surface area contributed by atoms with Crippen LogP contribution in [0.4, 0.5) is 0 Å². The summed E-state index contributed by atoms with van der Waals surface area (Å²) < 4.78 is 10.6. The minimum atomic E-state index is -0.935. The van der Waals surface area contributed by atoms with Gasteiger partial charge in [0.05, 0.1) is 26.7 Å². The lowest BCUT2D eigenvalue weighted by Gasteiger charge is -2.26. The number of nitrogens with zero attached hydrogens (tertiary/aromatic N) is 1. The number of fused-ring (bicyclic) bond motifs is 1. The molecule has 6 nitrogen and oxygen atoms in total. The number of benzene rings is 2. The van der Waals surface area contributed by atoms with Crippen LogP contribution in [-0.2, 0) is 4.79 Å². The molecule has 0 aliphatic carbocycles. The number of hydrogen-bond acceptors (Lipinski definition) is 4. The van der Waals surface area contributed by atoms with Gasteiger partial charge in [0.15, 0.2) is 11.5 Å².